The minimum absolute atomic E-state index is 0.168. The SMILES string of the molecule is N[C@@H](Cc1cnc[nH]1)C(=O)NOC1C(O)[C@H](CO)O[C@@H]1n1ccc(=O)[nH]c1=O. The second kappa shape index (κ2) is 8.45. The average Bonchev–Trinajstić information content (AvgIpc) is 3.27. The summed E-state index contributed by atoms with van der Waals surface area (Å²) in [4.78, 5) is 49.3. The van der Waals surface area contributed by atoms with Gasteiger partial charge >= 0.3 is 5.69 Å². The normalized spacial score (nSPS) is 25.5. The Morgan fingerprint density at radius 2 is 2.29 bits per heavy atom. The minimum atomic E-state index is -1.36. The fourth-order valence-corrected chi connectivity index (χ4v) is 2.78. The number of imidazole rings is 1. The third kappa shape index (κ3) is 4.18. The van der Waals surface area contributed by atoms with E-state index in [0.29, 0.717) is 5.69 Å². The number of aromatic amines is 2. The van der Waals surface area contributed by atoms with E-state index in [0.717, 1.165) is 16.8 Å². The third-order valence-electron chi connectivity index (χ3n) is 4.25. The lowest BCUT2D eigenvalue weighted by atomic mass is 10.1. The molecule has 1 saturated heterocycles. The number of rotatable bonds is 7. The van der Waals surface area contributed by atoms with Crippen LogP contribution in [-0.4, -0.2) is 66.6 Å². The van der Waals surface area contributed by atoms with E-state index in [-0.39, 0.29) is 6.42 Å². The predicted molar refractivity (Wildman–Crippen MR) is 91.6 cm³/mol. The molecule has 28 heavy (non-hydrogen) atoms. The van der Waals surface area contributed by atoms with Gasteiger partial charge in [-0.2, -0.15) is 0 Å². The van der Waals surface area contributed by atoms with Gasteiger partial charge in [0.15, 0.2) is 12.3 Å². The number of hydroxylamine groups is 1. The zero-order valence-corrected chi connectivity index (χ0v) is 14.5. The Balaban J connectivity index is 1.71. The number of amides is 1. The lowest BCUT2D eigenvalue weighted by molar-refractivity contribution is -0.152. The summed E-state index contributed by atoms with van der Waals surface area (Å²) in [6, 6.07) is 0.113. The summed E-state index contributed by atoms with van der Waals surface area (Å²) in [7, 11) is 0. The zero-order valence-electron chi connectivity index (χ0n) is 14.5. The highest BCUT2D eigenvalue weighted by Crippen LogP contribution is 2.30. The smallest absolute Gasteiger partial charge is 0.330 e. The van der Waals surface area contributed by atoms with Gasteiger partial charge in [-0.05, 0) is 0 Å². The zero-order chi connectivity index (χ0) is 20.3. The van der Waals surface area contributed by atoms with Crippen LogP contribution in [0.5, 0.6) is 0 Å². The molecular weight excluding hydrogens is 376 g/mol. The number of carbonyl (C=O) groups excluding carboxylic acids is 1. The van der Waals surface area contributed by atoms with Crippen LogP contribution in [0.4, 0.5) is 0 Å². The summed E-state index contributed by atoms with van der Waals surface area (Å²) >= 11 is 0. The molecule has 0 aromatic carbocycles. The maximum Gasteiger partial charge on any atom is 0.330 e. The van der Waals surface area contributed by atoms with Crippen molar-refractivity contribution in [3.8, 4) is 0 Å². The number of nitrogens with two attached hydrogens (primary N) is 1. The van der Waals surface area contributed by atoms with Crippen molar-refractivity contribution in [2.24, 2.45) is 5.73 Å². The molecule has 0 saturated carbocycles. The lowest BCUT2D eigenvalue weighted by Crippen LogP contribution is -2.47. The van der Waals surface area contributed by atoms with E-state index in [4.69, 9.17) is 15.3 Å². The van der Waals surface area contributed by atoms with E-state index in [9.17, 15) is 24.6 Å². The van der Waals surface area contributed by atoms with Crippen LogP contribution in [0.25, 0.3) is 0 Å². The Morgan fingerprint density at radius 3 is 2.93 bits per heavy atom. The van der Waals surface area contributed by atoms with Crippen molar-refractivity contribution < 1.29 is 24.6 Å². The first-order valence-electron chi connectivity index (χ1n) is 8.35. The van der Waals surface area contributed by atoms with Gasteiger partial charge in [0.25, 0.3) is 11.5 Å². The summed E-state index contributed by atoms with van der Waals surface area (Å²) in [5.41, 5.74) is 7.16. The summed E-state index contributed by atoms with van der Waals surface area (Å²) < 4.78 is 6.41. The molecule has 1 aliphatic heterocycles. The molecule has 152 valence electrons. The van der Waals surface area contributed by atoms with Crippen molar-refractivity contribution in [1.82, 2.24) is 25.0 Å². The second-order valence-electron chi connectivity index (χ2n) is 6.19. The number of ether oxygens (including phenoxy) is 1. The number of hydrogen-bond acceptors (Lipinski definition) is 9. The topological polar surface area (TPSA) is 198 Å². The molecule has 0 spiro atoms. The van der Waals surface area contributed by atoms with E-state index in [1.54, 1.807) is 0 Å². The average molecular weight is 396 g/mol. The Hall–Kier alpha value is -2.84. The van der Waals surface area contributed by atoms with E-state index in [1.807, 2.05) is 4.98 Å². The molecule has 5 atom stereocenters. The monoisotopic (exact) mass is 396 g/mol. The van der Waals surface area contributed by atoms with Crippen LogP contribution in [-0.2, 0) is 20.8 Å². The second-order valence-corrected chi connectivity index (χ2v) is 6.19. The molecule has 1 fully saturated rings. The van der Waals surface area contributed by atoms with Gasteiger partial charge < -0.3 is 25.7 Å². The van der Waals surface area contributed by atoms with Crippen LogP contribution in [0, 0.1) is 0 Å². The standard InChI is InChI=1S/C15H20N6O7/c16-8(3-7-4-17-6-18-7)13(25)20-28-12-11(24)9(5-22)27-14(12)21-2-1-10(23)19-15(21)26/h1-2,4,6,8-9,11-12,14,22,24H,3,5,16H2,(H,17,18)(H,20,25)(H,19,23,26)/t8-,9-,11?,12?,14-/m0/s1. The number of nitrogens with zero attached hydrogens (tertiary/aromatic N) is 2. The molecule has 0 radical (unpaired) electrons. The number of aromatic nitrogens is 4. The van der Waals surface area contributed by atoms with Gasteiger partial charge in [0.05, 0.1) is 19.0 Å². The van der Waals surface area contributed by atoms with Gasteiger partial charge in [0.1, 0.15) is 12.2 Å². The Bertz CT molecular complexity index is 910. The molecule has 0 bridgehead atoms. The number of aliphatic hydroxyl groups is 2. The maximum absolute atomic E-state index is 12.2. The Kier molecular flexibility index (Phi) is 6.01. The van der Waals surface area contributed by atoms with Crippen molar-refractivity contribution in [1.29, 1.82) is 0 Å². The Labute approximate surface area is 157 Å². The van der Waals surface area contributed by atoms with Gasteiger partial charge in [-0.15, -0.1) is 0 Å². The highest BCUT2D eigenvalue weighted by Gasteiger charge is 2.46. The number of carbonyl (C=O) groups is 1. The van der Waals surface area contributed by atoms with Crippen LogP contribution in [0.3, 0.4) is 0 Å². The molecule has 3 rings (SSSR count). The molecule has 1 aliphatic rings. The number of hydrogen-bond donors (Lipinski definition) is 6. The van der Waals surface area contributed by atoms with Gasteiger partial charge in [-0.3, -0.25) is 24.0 Å². The van der Waals surface area contributed by atoms with Crippen LogP contribution >= 0.6 is 0 Å². The Morgan fingerprint density at radius 1 is 1.50 bits per heavy atom. The van der Waals surface area contributed by atoms with Crippen molar-refractivity contribution >= 4 is 5.91 Å². The van der Waals surface area contributed by atoms with Crippen LogP contribution in [0.2, 0.25) is 0 Å². The fraction of sp³-hybridized carbons (Fsp3) is 0.467. The van der Waals surface area contributed by atoms with E-state index in [1.165, 1.54) is 12.5 Å². The van der Waals surface area contributed by atoms with Gasteiger partial charge in [0, 0.05) is 30.6 Å². The van der Waals surface area contributed by atoms with E-state index >= 15 is 0 Å². The highest BCUT2D eigenvalue weighted by atomic mass is 16.7. The summed E-state index contributed by atoms with van der Waals surface area (Å²) in [5, 5.41) is 19.6. The van der Waals surface area contributed by atoms with E-state index < -0.39 is 54.3 Å². The predicted octanol–water partition coefficient (Wildman–Crippen LogP) is -3.50. The molecule has 13 heteroatoms. The number of H-pyrrole nitrogens is 2. The molecular formula is C15H20N6O7. The summed E-state index contributed by atoms with van der Waals surface area (Å²) in [5.74, 6) is -0.679. The van der Waals surface area contributed by atoms with Crippen molar-refractivity contribution in [2.45, 2.75) is 37.0 Å². The van der Waals surface area contributed by atoms with Crippen LogP contribution < -0.4 is 22.5 Å². The quantitative estimate of drug-likeness (QED) is 0.257. The van der Waals surface area contributed by atoms with Gasteiger partial charge in [-0.1, -0.05) is 0 Å². The maximum atomic E-state index is 12.2. The van der Waals surface area contributed by atoms with Gasteiger partial charge in [0.2, 0.25) is 0 Å². The molecule has 2 aromatic rings. The molecule has 3 heterocycles. The minimum Gasteiger partial charge on any atom is -0.394 e. The van der Waals surface area contributed by atoms with Gasteiger partial charge in [-0.25, -0.2) is 15.3 Å². The first kappa shape index (κ1) is 19.9. The number of nitrogens with one attached hydrogen (secondary N) is 3. The first-order valence-corrected chi connectivity index (χ1v) is 8.35. The van der Waals surface area contributed by atoms with Crippen LogP contribution in [0.1, 0.15) is 11.9 Å². The fourth-order valence-electron chi connectivity index (χ4n) is 2.78. The van der Waals surface area contributed by atoms with E-state index in [2.05, 4.69) is 15.4 Å². The number of aliphatic hydroxyl groups excluding tert-OH is 2. The molecule has 0 aliphatic carbocycles. The molecule has 1 amide bonds. The molecule has 2 unspecified atom stereocenters. The van der Waals surface area contributed by atoms with Crippen molar-refractivity contribution in [2.75, 3.05) is 6.61 Å². The molecule has 2 aromatic heterocycles. The van der Waals surface area contributed by atoms with Crippen molar-refractivity contribution in [3.05, 3.63) is 51.3 Å². The lowest BCUT2D eigenvalue weighted by Gasteiger charge is -2.22. The third-order valence-corrected chi connectivity index (χ3v) is 4.25. The largest absolute Gasteiger partial charge is 0.394 e. The summed E-state index contributed by atoms with van der Waals surface area (Å²) in [6.07, 6.45) is -0.592. The van der Waals surface area contributed by atoms with Crippen molar-refractivity contribution in [3.63, 3.8) is 0 Å². The molecule has 13 nitrogen and oxygen atoms in total. The molecule has 7 N–H and O–H groups in total. The van der Waals surface area contributed by atoms with Crippen LogP contribution in [0.15, 0.2) is 34.4 Å². The first-order chi connectivity index (χ1) is 13.4. The highest BCUT2D eigenvalue weighted by molar-refractivity contribution is 5.80. The summed E-state index contributed by atoms with van der Waals surface area (Å²) in [6.45, 7) is -0.553.